The number of benzene rings is 2. The van der Waals surface area contributed by atoms with E-state index in [9.17, 15) is 4.39 Å². The van der Waals surface area contributed by atoms with Crippen molar-refractivity contribution in [2.45, 2.75) is 6.92 Å². The van der Waals surface area contributed by atoms with Crippen molar-refractivity contribution in [2.24, 2.45) is 0 Å². The Morgan fingerprint density at radius 1 is 1.16 bits per heavy atom. The molecule has 3 N–H and O–H groups in total. The normalized spacial score (nSPS) is 10.8. The molecule has 0 aliphatic heterocycles. The van der Waals surface area contributed by atoms with Gasteiger partial charge in [0.05, 0.1) is 11.4 Å². The summed E-state index contributed by atoms with van der Waals surface area (Å²) in [4.78, 5) is 0. The Balaban J connectivity index is 2.06. The Morgan fingerprint density at radius 2 is 1.95 bits per heavy atom. The highest BCUT2D eigenvalue weighted by Gasteiger charge is 2.10. The highest BCUT2D eigenvalue weighted by molar-refractivity contribution is 5.96. The van der Waals surface area contributed by atoms with Crippen molar-refractivity contribution in [1.82, 2.24) is 10.3 Å². The minimum Gasteiger partial charge on any atom is -0.397 e. The molecule has 0 amide bonds. The first-order valence-electron chi connectivity index (χ1n) is 5.68. The third-order valence-corrected chi connectivity index (χ3v) is 2.77. The zero-order chi connectivity index (χ0) is 13.4. The van der Waals surface area contributed by atoms with E-state index >= 15 is 0 Å². The standard InChI is InChI=1S/C13H11FN4O/c1-7-4-8(14)6-9(5-7)16-11-3-2-10(15)12-13(11)18-19-17-12/h2-6,16H,15H2,1H3. The molecular formula is C13H11FN4O. The number of aryl methyl sites for hydroxylation is 1. The van der Waals surface area contributed by atoms with E-state index in [4.69, 9.17) is 5.73 Å². The molecule has 0 spiro atoms. The Kier molecular flexibility index (Phi) is 2.56. The summed E-state index contributed by atoms with van der Waals surface area (Å²) in [6.07, 6.45) is 0. The second-order valence-electron chi connectivity index (χ2n) is 4.31. The average molecular weight is 258 g/mol. The van der Waals surface area contributed by atoms with Gasteiger partial charge in [0.1, 0.15) is 5.82 Å². The molecule has 5 nitrogen and oxygen atoms in total. The zero-order valence-electron chi connectivity index (χ0n) is 10.1. The van der Waals surface area contributed by atoms with Crippen molar-refractivity contribution < 1.29 is 9.02 Å². The summed E-state index contributed by atoms with van der Waals surface area (Å²) in [5, 5.41) is 10.6. The van der Waals surface area contributed by atoms with Crippen LogP contribution in [0.4, 0.5) is 21.5 Å². The fourth-order valence-electron chi connectivity index (χ4n) is 1.95. The summed E-state index contributed by atoms with van der Waals surface area (Å²) in [5.74, 6) is -0.299. The molecule has 3 aromatic rings. The van der Waals surface area contributed by atoms with Crippen LogP contribution in [0.15, 0.2) is 35.0 Å². The van der Waals surface area contributed by atoms with E-state index in [0.29, 0.717) is 28.1 Å². The van der Waals surface area contributed by atoms with Gasteiger partial charge in [-0.2, -0.15) is 0 Å². The lowest BCUT2D eigenvalue weighted by Gasteiger charge is -2.08. The molecule has 0 aliphatic carbocycles. The van der Waals surface area contributed by atoms with Gasteiger partial charge in [-0.3, -0.25) is 0 Å². The quantitative estimate of drug-likeness (QED) is 0.691. The van der Waals surface area contributed by atoms with E-state index in [1.807, 2.05) is 13.0 Å². The highest BCUT2D eigenvalue weighted by atomic mass is 19.1. The lowest BCUT2D eigenvalue weighted by molar-refractivity contribution is 0.316. The second kappa shape index (κ2) is 4.24. The zero-order valence-corrected chi connectivity index (χ0v) is 10.1. The molecule has 3 rings (SSSR count). The number of nitrogens with zero attached hydrogens (tertiary/aromatic N) is 2. The molecule has 0 radical (unpaired) electrons. The monoisotopic (exact) mass is 258 g/mol. The van der Waals surface area contributed by atoms with Gasteiger partial charge in [0.25, 0.3) is 0 Å². The van der Waals surface area contributed by atoms with E-state index < -0.39 is 0 Å². The Bertz CT molecular complexity index is 733. The van der Waals surface area contributed by atoms with Crippen molar-refractivity contribution in [1.29, 1.82) is 0 Å². The fourth-order valence-corrected chi connectivity index (χ4v) is 1.95. The first-order valence-corrected chi connectivity index (χ1v) is 5.68. The van der Waals surface area contributed by atoms with Crippen molar-refractivity contribution >= 4 is 28.1 Å². The van der Waals surface area contributed by atoms with Crippen LogP contribution in [0.25, 0.3) is 11.0 Å². The van der Waals surface area contributed by atoms with Crippen LogP contribution in [0.3, 0.4) is 0 Å². The first kappa shape index (κ1) is 11.5. The third-order valence-electron chi connectivity index (χ3n) is 2.77. The minimum atomic E-state index is -0.299. The van der Waals surface area contributed by atoms with Gasteiger partial charge in [0.15, 0.2) is 11.0 Å². The molecule has 0 aliphatic rings. The summed E-state index contributed by atoms with van der Waals surface area (Å²) in [5.41, 5.74) is 9.36. The summed E-state index contributed by atoms with van der Waals surface area (Å²) >= 11 is 0. The molecule has 6 heteroatoms. The third kappa shape index (κ3) is 2.08. The number of rotatable bonds is 2. The van der Waals surface area contributed by atoms with Crippen molar-refractivity contribution in [3.05, 3.63) is 41.7 Å². The van der Waals surface area contributed by atoms with Gasteiger partial charge in [-0.15, -0.1) is 0 Å². The number of hydrogen-bond donors (Lipinski definition) is 2. The average Bonchev–Trinajstić information content (AvgIpc) is 2.81. The molecule has 1 heterocycles. The number of fused-ring (bicyclic) bond motifs is 1. The summed E-state index contributed by atoms with van der Waals surface area (Å²) in [6.45, 7) is 1.82. The molecule has 1 aromatic heterocycles. The predicted octanol–water partition coefficient (Wildman–Crippen LogP) is 3.00. The van der Waals surface area contributed by atoms with Crippen LogP contribution in [0.2, 0.25) is 0 Å². The van der Waals surface area contributed by atoms with Gasteiger partial charge in [-0.1, -0.05) is 0 Å². The number of aromatic nitrogens is 2. The Hall–Kier alpha value is -2.63. The molecule has 96 valence electrons. The highest BCUT2D eigenvalue weighted by Crippen LogP contribution is 2.28. The first-order chi connectivity index (χ1) is 9.13. The molecule has 0 saturated heterocycles. The predicted molar refractivity (Wildman–Crippen MR) is 70.6 cm³/mol. The van der Waals surface area contributed by atoms with Crippen molar-refractivity contribution in [2.75, 3.05) is 11.1 Å². The topological polar surface area (TPSA) is 77.0 Å². The van der Waals surface area contributed by atoms with Crippen LogP contribution in [0.5, 0.6) is 0 Å². The number of halogens is 1. The van der Waals surface area contributed by atoms with Crippen LogP contribution in [0.1, 0.15) is 5.56 Å². The lowest BCUT2D eigenvalue weighted by Crippen LogP contribution is -1.95. The number of hydrogen-bond acceptors (Lipinski definition) is 5. The van der Waals surface area contributed by atoms with Crippen LogP contribution < -0.4 is 11.1 Å². The van der Waals surface area contributed by atoms with Gasteiger partial charge in [0, 0.05) is 5.69 Å². The van der Waals surface area contributed by atoms with Crippen molar-refractivity contribution in [3.63, 3.8) is 0 Å². The van der Waals surface area contributed by atoms with E-state index in [-0.39, 0.29) is 5.82 Å². The molecule has 0 bridgehead atoms. The maximum absolute atomic E-state index is 13.3. The van der Waals surface area contributed by atoms with E-state index in [0.717, 1.165) is 5.56 Å². The van der Waals surface area contributed by atoms with E-state index in [1.54, 1.807) is 12.1 Å². The van der Waals surface area contributed by atoms with Crippen LogP contribution in [0, 0.1) is 12.7 Å². The SMILES string of the molecule is Cc1cc(F)cc(Nc2ccc(N)c3nonc23)c1. The van der Waals surface area contributed by atoms with Crippen LogP contribution >= 0.6 is 0 Å². The number of nitrogens with one attached hydrogen (secondary N) is 1. The summed E-state index contributed by atoms with van der Waals surface area (Å²) in [7, 11) is 0. The number of nitrogens with two attached hydrogens (primary N) is 1. The van der Waals surface area contributed by atoms with Crippen molar-refractivity contribution in [3.8, 4) is 0 Å². The van der Waals surface area contributed by atoms with Crippen LogP contribution in [-0.2, 0) is 0 Å². The van der Waals surface area contributed by atoms with Gasteiger partial charge in [0.2, 0.25) is 0 Å². The van der Waals surface area contributed by atoms with Gasteiger partial charge in [-0.25, -0.2) is 9.02 Å². The molecule has 0 atom stereocenters. The molecule has 19 heavy (non-hydrogen) atoms. The number of anilines is 3. The lowest BCUT2D eigenvalue weighted by atomic mass is 10.2. The molecular weight excluding hydrogens is 247 g/mol. The Morgan fingerprint density at radius 3 is 2.74 bits per heavy atom. The van der Waals surface area contributed by atoms with Gasteiger partial charge in [-0.05, 0) is 53.1 Å². The second-order valence-corrected chi connectivity index (χ2v) is 4.31. The summed E-state index contributed by atoms with van der Waals surface area (Å²) in [6, 6.07) is 8.14. The molecule has 2 aromatic carbocycles. The van der Waals surface area contributed by atoms with Gasteiger partial charge < -0.3 is 11.1 Å². The van der Waals surface area contributed by atoms with E-state index in [2.05, 4.69) is 20.3 Å². The fraction of sp³-hybridized carbons (Fsp3) is 0.0769. The maximum atomic E-state index is 13.3. The largest absolute Gasteiger partial charge is 0.397 e. The number of nitrogen functional groups attached to an aromatic ring is 1. The molecule has 0 saturated carbocycles. The smallest absolute Gasteiger partial charge is 0.160 e. The molecule has 0 unspecified atom stereocenters. The maximum Gasteiger partial charge on any atom is 0.160 e. The Labute approximate surface area is 108 Å². The van der Waals surface area contributed by atoms with E-state index in [1.165, 1.54) is 12.1 Å². The minimum absolute atomic E-state index is 0.299. The van der Waals surface area contributed by atoms with Crippen LogP contribution in [-0.4, -0.2) is 10.3 Å². The van der Waals surface area contributed by atoms with Gasteiger partial charge >= 0.3 is 0 Å². The molecule has 0 fully saturated rings. The summed E-state index contributed by atoms with van der Waals surface area (Å²) < 4.78 is 18.0.